The number of benzene rings is 9. The van der Waals surface area contributed by atoms with E-state index < -0.39 is 59.8 Å². The van der Waals surface area contributed by atoms with Gasteiger partial charge in [0.15, 0.2) is 23.0 Å². The molecule has 0 bridgehead atoms. The van der Waals surface area contributed by atoms with E-state index in [1.165, 1.54) is 126 Å². The zero-order valence-corrected chi connectivity index (χ0v) is 64.5. The summed E-state index contributed by atoms with van der Waals surface area (Å²) in [6.45, 7) is 5.43. The van der Waals surface area contributed by atoms with Crippen molar-refractivity contribution in [2.75, 3.05) is 0 Å². The summed E-state index contributed by atoms with van der Waals surface area (Å²) in [7, 11) is -4.81. The van der Waals surface area contributed by atoms with Gasteiger partial charge in [0.25, 0.3) is 0 Å². The maximum Gasteiger partial charge on any atom is 2.00 e. The molecule has 9 aromatic carbocycles. The molecule has 105 heavy (non-hydrogen) atoms. The third kappa shape index (κ3) is 18.9. The molecule has 0 saturated heterocycles. The topological polar surface area (TPSA) is 36.9 Å². The molecular formula is C86H90F10FeO4P4. The summed E-state index contributed by atoms with van der Waals surface area (Å²) in [5, 5.41) is 7.41. The van der Waals surface area contributed by atoms with Gasteiger partial charge in [0.1, 0.15) is 0 Å². The first-order chi connectivity index (χ1) is 49.1. The van der Waals surface area contributed by atoms with Gasteiger partial charge < -0.3 is 33.8 Å². The van der Waals surface area contributed by atoms with Gasteiger partial charge in [-0.2, -0.15) is 26.3 Å². The van der Waals surface area contributed by atoms with Crippen molar-refractivity contribution in [3.63, 3.8) is 0 Å². The molecule has 556 valence electrons. The maximum absolute atomic E-state index is 15.0. The van der Waals surface area contributed by atoms with Gasteiger partial charge >= 0.3 is 42.0 Å². The Kier molecular flexibility index (Phi) is 27.4. The molecule has 0 spiro atoms. The van der Waals surface area contributed by atoms with Crippen LogP contribution in [0.15, 0.2) is 206 Å². The molecule has 2 heterocycles. The third-order valence-electron chi connectivity index (χ3n) is 20.6. The molecule has 0 radical (unpaired) electrons. The Hall–Kier alpha value is -6.28. The van der Waals surface area contributed by atoms with E-state index in [4.69, 9.17) is 18.9 Å². The zero-order chi connectivity index (χ0) is 71.3. The van der Waals surface area contributed by atoms with Crippen LogP contribution in [-0.4, -0.2) is 29.6 Å². The van der Waals surface area contributed by atoms with Crippen LogP contribution in [0.4, 0.5) is 43.9 Å². The van der Waals surface area contributed by atoms with E-state index in [9.17, 15) is 43.9 Å². The van der Waals surface area contributed by atoms with Crippen molar-refractivity contribution in [3.8, 4) is 34.1 Å². The van der Waals surface area contributed by atoms with Crippen LogP contribution in [0.1, 0.15) is 156 Å². The molecule has 2 unspecified atom stereocenters. The number of fused-ring (bicyclic) bond motifs is 2. The summed E-state index contributed by atoms with van der Waals surface area (Å²) in [5.74, 6) is -0.554. The van der Waals surface area contributed by atoms with E-state index in [1.54, 1.807) is 43.4 Å². The fourth-order valence-corrected chi connectivity index (χ4v) is 28.4. The first-order valence-electron chi connectivity index (χ1n) is 35.8. The summed E-state index contributed by atoms with van der Waals surface area (Å²) in [6, 6.07) is 62.3. The van der Waals surface area contributed by atoms with Crippen molar-refractivity contribution in [3.05, 3.63) is 249 Å². The van der Waals surface area contributed by atoms with Gasteiger partial charge in [-0.25, -0.2) is 0 Å². The molecule has 0 N–H and O–H groups in total. The molecule has 4 nitrogen and oxygen atoms in total. The second-order valence-electron chi connectivity index (χ2n) is 27.7. The Morgan fingerprint density at radius 1 is 0.381 bits per heavy atom. The summed E-state index contributed by atoms with van der Waals surface area (Å²) in [4.78, 5) is 0. The molecule has 0 aromatic heterocycles. The Morgan fingerprint density at radius 2 is 0.733 bits per heavy atom. The first kappa shape index (κ1) is 81.2. The minimum absolute atomic E-state index is 0. The minimum Gasteiger partial charge on any atom is -0.395 e. The SMILES string of the molecule is C1CCCC1.Cc1cc(P(c2cc(C)cc(C(F)(F)F)c2)[C@H](C)C2CCCC2c2ccccc2P(C2CCCCC2)C2CCCCC2)cc(C(F)(F)F)c1.FC1(F)Oc2ccc(P(c3ccccc3)c3ccccc3)c(-c3c(P(c4ccccc4)c4ccccc4)ccc4c3OC(F)(F)O4)c2O1.[CH3-].[CH3-].[Fe+2]. The van der Waals surface area contributed by atoms with Crippen molar-refractivity contribution in [1.82, 2.24) is 0 Å². The Bertz CT molecular complexity index is 3990. The molecule has 4 aliphatic carbocycles. The van der Waals surface area contributed by atoms with E-state index in [2.05, 4.69) is 31.2 Å². The standard InChI is InChI=1S/C41H50F6P2.C38H24F4O4P2.C5H10.2CH3.Fe/c1-27-21-30(40(42,43)44)25-34(23-27)48(35-24-28(2)22-31(26-35)41(45,46)47)29(3)36-18-12-19-37(36)38-17-10-11-20-39(38)49(32-13-6-4-7-14-32)33-15-8-5-9-16-33;39-37(40)43-29-21-23-31(47(25-13-5-1-6-14-25)26-15-7-2-8-16-26)33(35(29)45-37)34-32(24-22-30-36(34)46-38(41,42)44-30)48(27-17-9-3-10-18-27)28-19-11-4-12-20-28;1-2-4-5-3-1;;;/h10-11,17,20-26,29,32-33,36-37H,4-9,12-16,18-19H2,1-3H3;1-24H;1-5H2;2*1H3;/q;;;2*-1;+2/t29-,36?,37?;;;;;/m1...../s1. The smallest absolute Gasteiger partial charge is 0.395 e. The number of rotatable bonds is 15. The van der Waals surface area contributed by atoms with Crippen LogP contribution in [0.5, 0.6) is 23.0 Å². The van der Waals surface area contributed by atoms with Crippen LogP contribution in [0.2, 0.25) is 0 Å². The molecule has 4 fully saturated rings. The van der Waals surface area contributed by atoms with Gasteiger partial charge in [-0.3, -0.25) is 0 Å². The number of hydrogen-bond donors (Lipinski definition) is 0. The average molecular weight is 1560 g/mol. The van der Waals surface area contributed by atoms with E-state index in [0.29, 0.717) is 32.3 Å². The zero-order valence-electron chi connectivity index (χ0n) is 59.8. The van der Waals surface area contributed by atoms with Crippen molar-refractivity contribution in [1.29, 1.82) is 0 Å². The van der Waals surface area contributed by atoms with Crippen LogP contribution in [0.3, 0.4) is 0 Å². The summed E-state index contributed by atoms with van der Waals surface area (Å²) >= 11 is 0. The number of halogens is 10. The second-order valence-corrected chi connectivity index (χ2v) is 37.4. The Labute approximate surface area is 628 Å². The van der Waals surface area contributed by atoms with Gasteiger partial charge in [0, 0.05) is 11.1 Å². The van der Waals surface area contributed by atoms with Gasteiger partial charge in [0.2, 0.25) is 0 Å². The van der Waals surface area contributed by atoms with E-state index >= 15 is 0 Å². The summed E-state index contributed by atoms with van der Waals surface area (Å²) in [5.41, 5.74) is 2.64. The van der Waals surface area contributed by atoms with E-state index in [1.807, 2.05) is 121 Å². The molecule has 4 saturated carbocycles. The maximum atomic E-state index is 15.0. The van der Waals surface area contributed by atoms with Gasteiger partial charge in [-0.05, 0) is 218 Å². The second kappa shape index (κ2) is 35.4. The van der Waals surface area contributed by atoms with Crippen LogP contribution < -0.4 is 66.7 Å². The van der Waals surface area contributed by atoms with Crippen LogP contribution in [0, 0.1) is 34.6 Å². The van der Waals surface area contributed by atoms with Gasteiger partial charge in [-0.15, -0.1) is 17.6 Å². The van der Waals surface area contributed by atoms with E-state index in [-0.39, 0.29) is 91.5 Å². The molecule has 3 atom stereocenters. The molecule has 0 amide bonds. The first-order valence-corrected chi connectivity index (χ1v) is 41.4. The number of alkyl halides is 10. The Morgan fingerprint density at radius 3 is 1.10 bits per heavy atom. The average Bonchev–Trinajstić information content (AvgIpc) is 1.63. The van der Waals surface area contributed by atoms with Gasteiger partial charge in [0.05, 0.1) is 11.1 Å². The molecule has 6 aliphatic rings. The number of hydrogen-bond acceptors (Lipinski definition) is 4. The monoisotopic (exact) mass is 1560 g/mol. The van der Waals surface area contributed by atoms with Crippen LogP contribution >= 0.6 is 31.7 Å². The van der Waals surface area contributed by atoms with Crippen LogP contribution in [0.25, 0.3) is 11.1 Å². The normalized spacial score (nSPS) is 18.5. The fourth-order valence-electron chi connectivity index (χ4n) is 16.2. The predicted octanol–water partition coefficient (Wildman–Crippen LogP) is 22.9. The molecule has 9 aromatic rings. The predicted molar refractivity (Wildman–Crippen MR) is 412 cm³/mol. The summed E-state index contributed by atoms with van der Waals surface area (Å²) < 4.78 is 165. The molecule has 2 aliphatic heterocycles. The fraction of sp³-hybridized carbons (Fsp3) is 0.349. The molecular weight excluding hydrogens is 1470 g/mol. The van der Waals surface area contributed by atoms with Crippen molar-refractivity contribution in [2.24, 2.45) is 5.92 Å². The Balaban J connectivity index is 0.000000205. The minimum atomic E-state index is -4.54. The van der Waals surface area contributed by atoms with Crippen molar-refractivity contribution < 1.29 is 79.9 Å². The number of ether oxygens (including phenoxy) is 4. The van der Waals surface area contributed by atoms with Crippen LogP contribution in [-0.2, 0) is 29.4 Å². The van der Waals surface area contributed by atoms with Crippen molar-refractivity contribution in [2.45, 2.75) is 184 Å². The van der Waals surface area contributed by atoms with Crippen molar-refractivity contribution >= 4 is 79.4 Å². The number of aryl methyl sites for hydroxylation is 2. The molecule has 15 rings (SSSR count). The summed E-state index contributed by atoms with van der Waals surface area (Å²) in [6.07, 6.45) is 6.47. The van der Waals surface area contributed by atoms with Gasteiger partial charge in [-0.1, -0.05) is 250 Å². The third-order valence-corrected chi connectivity index (χ3v) is 32.0. The molecule has 19 heteroatoms. The van der Waals surface area contributed by atoms with E-state index in [0.717, 1.165) is 63.9 Å². The largest absolute Gasteiger partial charge is 2.00 e. The quantitative estimate of drug-likeness (QED) is 0.0444.